The third-order valence-corrected chi connectivity index (χ3v) is 4.34. The van der Waals surface area contributed by atoms with Gasteiger partial charge in [-0.3, -0.25) is 0 Å². The van der Waals surface area contributed by atoms with Gasteiger partial charge in [-0.15, -0.1) is 0 Å². The molecule has 1 aliphatic carbocycles. The molecule has 2 rings (SSSR count). The Bertz CT molecular complexity index is 397. The average Bonchev–Trinajstić information content (AvgIpc) is 2.38. The molecule has 0 radical (unpaired) electrons. The molecule has 0 saturated carbocycles. The van der Waals surface area contributed by atoms with Crippen LogP contribution in [0.15, 0.2) is 15.4 Å². The molecule has 3 heteroatoms. The van der Waals surface area contributed by atoms with Crippen LogP contribution in [0.4, 0.5) is 0 Å². The van der Waals surface area contributed by atoms with E-state index in [-0.39, 0.29) is 24.8 Å². The van der Waals surface area contributed by atoms with Crippen LogP contribution in [0.25, 0.3) is 6.08 Å². The predicted octanol–water partition coefficient (Wildman–Crippen LogP) is -2.68. The van der Waals surface area contributed by atoms with Gasteiger partial charge in [-0.1, -0.05) is 0 Å². The summed E-state index contributed by atoms with van der Waals surface area (Å²) >= 11 is 1.56. The summed E-state index contributed by atoms with van der Waals surface area (Å²) in [6, 6.07) is 4.47. The third-order valence-electron chi connectivity index (χ3n) is 2.92. The van der Waals surface area contributed by atoms with Gasteiger partial charge in [-0.05, 0) is 0 Å². The number of hydrogen-bond donors (Lipinski definition) is 0. The van der Waals surface area contributed by atoms with E-state index in [1.807, 2.05) is 0 Å². The average molecular weight is 319 g/mol. The zero-order valence-corrected chi connectivity index (χ0v) is 13.0. The van der Waals surface area contributed by atoms with Crippen molar-refractivity contribution < 1.29 is 49.5 Å². The molecule has 0 bridgehead atoms. The van der Waals surface area contributed by atoms with Crippen molar-refractivity contribution in [3.8, 4) is 0 Å². The summed E-state index contributed by atoms with van der Waals surface area (Å²) < 4.78 is 1.58. The van der Waals surface area contributed by atoms with Gasteiger partial charge in [-0.25, -0.2) is 0 Å². The standard InChI is InChI=1S/C12H13.2ClH.Zr/c1-8-4-5-9(2)12-10(3)6-7-11(8)12;;;/h4-5,7,10H,1-3H3;2*1H;/q;;;+2/p-2. The molecule has 1 aromatic carbocycles. The van der Waals surface area contributed by atoms with E-state index in [1.165, 1.54) is 16.7 Å². The van der Waals surface area contributed by atoms with Crippen LogP contribution in [0.5, 0.6) is 0 Å². The van der Waals surface area contributed by atoms with Gasteiger partial charge < -0.3 is 24.8 Å². The first kappa shape index (κ1) is 15.4. The molecule has 0 N–H and O–H groups in total. The predicted molar refractivity (Wildman–Crippen MR) is 52.3 cm³/mol. The molecule has 0 saturated heterocycles. The summed E-state index contributed by atoms with van der Waals surface area (Å²) in [5, 5.41) is 0. The Morgan fingerprint density at radius 2 is 1.60 bits per heavy atom. The number of aryl methyl sites for hydroxylation is 2. The molecule has 79 valence electrons. The Morgan fingerprint density at radius 1 is 1.07 bits per heavy atom. The minimum Gasteiger partial charge on any atom is -1.00 e. The minimum atomic E-state index is 0. The van der Waals surface area contributed by atoms with Crippen LogP contribution in [0, 0.1) is 13.8 Å². The summed E-state index contributed by atoms with van der Waals surface area (Å²) in [6.45, 7) is 6.74. The summed E-state index contributed by atoms with van der Waals surface area (Å²) in [4.78, 5) is 0. The van der Waals surface area contributed by atoms with Crippen molar-refractivity contribution in [2.75, 3.05) is 0 Å². The molecule has 0 aromatic heterocycles. The van der Waals surface area contributed by atoms with Crippen LogP contribution < -0.4 is 24.8 Å². The van der Waals surface area contributed by atoms with Crippen LogP contribution in [0.3, 0.4) is 0 Å². The van der Waals surface area contributed by atoms with Crippen molar-refractivity contribution in [1.82, 2.24) is 0 Å². The van der Waals surface area contributed by atoms with Crippen LogP contribution in [0.2, 0.25) is 0 Å². The molecule has 0 amide bonds. The van der Waals surface area contributed by atoms with Gasteiger partial charge in [0.15, 0.2) is 0 Å². The maximum Gasteiger partial charge on any atom is -1.00 e. The monoisotopic (exact) mass is 317 g/mol. The second-order valence-corrected chi connectivity index (χ2v) is 5.27. The Labute approximate surface area is 119 Å². The zero-order valence-electron chi connectivity index (χ0n) is 9.07. The van der Waals surface area contributed by atoms with Crippen LogP contribution in [0.1, 0.15) is 35.1 Å². The topological polar surface area (TPSA) is 0 Å². The van der Waals surface area contributed by atoms with Gasteiger partial charge >= 0.3 is 95.2 Å². The van der Waals surface area contributed by atoms with Gasteiger partial charge in [0.25, 0.3) is 0 Å². The number of allylic oxidation sites excluding steroid dienone is 1. The van der Waals surface area contributed by atoms with Gasteiger partial charge in [0.1, 0.15) is 0 Å². The molecule has 0 aliphatic heterocycles. The van der Waals surface area contributed by atoms with E-state index >= 15 is 0 Å². The van der Waals surface area contributed by atoms with Crippen molar-refractivity contribution in [2.24, 2.45) is 0 Å². The number of benzene rings is 1. The SMILES string of the molecule is Cc1ccc(C)c2c1C=[C]([Zr+2])C2C.[Cl-].[Cl-]. The molecular weight excluding hydrogens is 306 g/mol. The van der Waals surface area contributed by atoms with Gasteiger partial charge in [0.05, 0.1) is 0 Å². The van der Waals surface area contributed by atoms with Gasteiger partial charge in [-0.2, -0.15) is 0 Å². The number of hydrogen-bond acceptors (Lipinski definition) is 0. The second-order valence-electron chi connectivity index (χ2n) is 3.85. The fourth-order valence-corrected chi connectivity index (χ4v) is 2.77. The normalized spacial score (nSPS) is 17.4. The van der Waals surface area contributed by atoms with E-state index in [9.17, 15) is 0 Å². The van der Waals surface area contributed by atoms with Gasteiger partial charge in [0, 0.05) is 0 Å². The molecule has 1 unspecified atom stereocenters. The second kappa shape index (κ2) is 5.66. The molecular formula is C12H13Cl2Zr. The molecule has 0 spiro atoms. The van der Waals surface area contributed by atoms with Crippen molar-refractivity contribution in [2.45, 2.75) is 26.7 Å². The Hall–Kier alpha value is 0.423. The maximum atomic E-state index is 2.38. The van der Waals surface area contributed by atoms with Crippen molar-refractivity contribution in [1.29, 1.82) is 0 Å². The van der Waals surface area contributed by atoms with Crippen LogP contribution in [-0.2, 0) is 24.7 Å². The zero-order chi connectivity index (χ0) is 9.59. The molecule has 1 aliphatic rings. The first-order valence-electron chi connectivity index (χ1n) is 4.64. The van der Waals surface area contributed by atoms with Crippen molar-refractivity contribution in [3.63, 3.8) is 0 Å². The van der Waals surface area contributed by atoms with Gasteiger partial charge in [0.2, 0.25) is 0 Å². The number of halogens is 2. The molecule has 0 nitrogen and oxygen atoms in total. The summed E-state index contributed by atoms with van der Waals surface area (Å²) in [5.41, 5.74) is 5.91. The minimum absolute atomic E-state index is 0. The Kier molecular flexibility index (Phi) is 5.82. The molecule has 0 heterocycles. The largest absolute Gasteiger partial charge is 1.00 e. The molecule has 1 atom stereocenters. The molecule has 15 heavy (non-hydrogen) atoms. The van der Waals surface area contributed by atoms with E-state index in [0.717, 1.165) is 0 Å². The Morgan fingerprint density at radius 3 is 2.13 bits per heavy atom. The maximum absolute atomic E-state index is 2.38. The fourth-order valence-electron chi connectivity index (χ4n) is 2.06. The number of rotatable bonds is 0. The summed E-state index contributed by atoms with van der Waals surface area (Å²) in [6.07, 6.45) is 2.38. The number of fused-ring (bicyclic) bond motifs is 1. The fraction of sp³-hybridized carbons (Fsp3) is 0.333. The Balaban J connectivity index is 0.000000980. The smallest absolute Gasteiger partial charge is 1.00 e. The first-order chi connectivity index (χ1) is 6.11. The van der Waals surface area contributed by atoms with E-state index in [2.05, 4.69) is 39.0 Å². The quantitative estimate of drug-likeness (QED) is 0.489. The van der Waals surface area contributed by atoms with Crippen molar-refractivity contribution >= 4 is 6.08 Å². The third kappa shape index (κ3) is 2.57. The molecule has 1 aromatic rings. The molecule has 0 fully saturated rings. The summed E-state index contributed by atoms with van der Waals surface area (Å²) in [5.74, 6) is 0.660. The first-order valence-corrected chi connectivity index (χ1v) is 5.87. The van der Waals surface area contributed by atoms with E-state index in [4.69, 9.17) is 0 Å². The van der Waals surface area contributed by atoms with E-state index < -0.39 is 0 Å². The van der Waals surface area contributed by atoms with Crippen LogP contribution in [-0.4, -0.2) is 0 Å². The summed E-state index contributed by atoms with van der Waals surface area (Å²) in [7, 11) is 0. The van der Waals surface area contributed by atoms with E-state index in [1.54, 1.807) is 33.6 Å². The van der Waals surface area contributed by atoms with E-state index in [0.29, 0.717) is 5.92 Å². The van der Waals surface area contributed by atoms with Crippen molar-refractivity contribution in [3.05, 3.63) is 37.7 Å². The van der Waals surface area contributed by atoms with Crippen LogP contribution >= 0.6 is 0 Å².